The van der Waals surface area contributed by atoms with Gasteiger partial charge in [0.2, 0.25) is 5.82 Å². The molecule has 3 rings (SSSR count). The number of halogens is 2. The van der Waals surface area contributed by atoms with E-state index in [1.54, 1.807) is 25.1 Å². The fourth-order valence-corrected chi connectivity index (χ4v) is 3.57. The second kappa shape index (κ2) is 11.8. The van der Waals surface area contributed by atoms with Gasteiger partial charge >= 0.3 is 0 Å². The predicted molar refractivity (Wildman–Crippen MR) is 113 cm³/mol. The van der Waals surface area contributed by atoms with E-state index in [9.17, 15) is 24.3 Å². The lowest BCUT2D eigenvalue weighted by Crippen LogP contribution is -2.33. The number of ether oxygens (including phenoxy) is 2. The van der Waals surface area contributed by atoms with E-state index in [1.807, 2.05) is 13.8 Å². The number of nitrogens with zero attached hydrogens (tertiary/aromatic N) is 1. The molecule has 2 aromatic carbocycles. The Balaban J connectivity index is 0.00000166. The van der Waals surface area contributed by atoms with Gasteiger partial charge in [-0.1, -0.05) is 32.0 Å². The fourth-order valence-electron chi connectivity index (χ4n) is 3.57. The lowest BCUT2D eigenvalue weighted by Gasteiger charge is -2.32. The Hall–Kier alpha value is -2.53. The Morgan fingerprint density at radius 1 is 1.13 bits per heavy atom. The topological polar surface area (TPSA) is 82.7 Å². The molecule has 3 atom stereocenters. The molecule has 0 aliphatic carbocycles. The van der Waals surface area contributed by atoms with Crippen LogP contribution < -0.4 is 4.74 Å². The third-order valence-corrected chi connectivity index (χ3v) is 5.01. The minimum Gasteiger partial charge on any atom is -0.491 e. The van der Waals surface area contributed by atoms with Gasteiger partial charge in [-0.15, -0.1) is 0 Å². The molecule has 5 nitrogen and oxygen atoms in total. The van der Waals surface area contributed by atoms with Crippen LogP contribution in [0.25, 0.3) is 0 Å². The molecule has 7 heteroatoms. The van der Waals surface area contributed by atoms with Crippen molar-refractivity contribution in [1.82, 2.24) is 0 Å². The van der Waals surface area contributed by atoms with E-state index in [4.69, 9.17) is 9.47 Å². The third kappa shape index (κ3) is 6.01. The van der Waals surface area contributed by atoms with Gasteiger partial charge in [0.05, 0.1) is 43.2 Å². The van der Waals surface area contributed by atoms with Crippen LogP contribution in [-0.4, -0.2) is 35.6 Å². The number of aliphatic hydroxyl groups excluding tert-OH is 2. The van der Waals surface area contributed by atoms with Crippen molar-refractivity contribution in [2.45, 2.75) is 58.3 Å². The Kier molecular flexibility index (Phi) is 9.38. The number of benzene rings is 2. The van der Waals surface area contributed by atoms with Crippen LogP contribution in [0.4, 0.5) is 8.78 Å². The summed E-state index contributed by atoms with van der Waals surface area (Å²) in [6.07, 6.45) is -0.807. The van der Waals surface area contributed by atoms with E-state index in [2.05, 4.69) is 6.07 Å². The van der Waals surface area contributed by atoms with E-state index in [-0.39, 0.29) is 30.9 Å². The summed E-state index contributed by atoms with van der Waals surface area (Å²) in [5.41, 5.74) is 1.69. The monoisotopic (exact) mass is 433 g/mol. The highest BCUT2D eigenvalue weighted by Crippen LogP contribution is 2.33. The van der Waals surface area contributed by atoms with Gasteiger partial charge < -0.3 is 19.7 Å². The first-order chi connectivity index (χ1) is 15.0. The quantitative estimate of drug-likeness (QED) is 0.705. The maximum Gasteiger partial charge on any atom is 0.200 e. The predicted octanol–water partition coefficient (Wildman–Crippen LogP) is 4.43. The minimum atomic E-state index is -1.05. The molecule has 0 bridgehead atoms. The highest BCUT2D eigenvalue weighted by Gasteiger charge is 2.29. The van der Waals surface area contributed by atoms with E-state index in [1.165, 1.54) is 12.1 Å². The molecule has 0 radical (unpaired) electrons. The molecule has 168 valence electrons. The van der Waals surface area contributed by atoms with Crippen molar-refractivity contribution in [2.24, 2.45) is 0 Å². The van der Waals surface area contributed by atoms with Gasteiger partial charge in [0.15, 0.2) is 11.6 Å². The van der Waals surface area contributed by atoms with Gasteiger partial charge in [-0.2, -0.15) is 9.65 Å². The summed E-state index contributed by atoms with van der Waals surface area (Å²) in [5.74, 6) is -2.21. The normalized spacial score (nSPS) is 20.4. The standard InChI is InChI=1S/C22H23F2NO4.C2H6/c1-2-28-19-6-5-14(21(23)22(19)24)8-16-7-13(3-4-15(16)11-25)20-10-17(27)9-18(12-26)29-20;1-2/h3-7,17-18,20,26-27H,2,8-10,12H2,1H3;1-2H3/t17-,18-,20+;/m0./s1. The number of hydrogen-bond donors (Lipinski definition) is 2. The van der Waals surface area contributed by atoms with Crippen molar-refractivity contribution in [3.05, 3.63) is 64.2 Å². The molecule has 0 amide bonds. The average molecular weight is 433 g/mol. The van der Waals surface area contributed by atoms with Gasteiger partial charge in [-0.25, -0.2) is 4.39 Å². The van der Waals surface area contributed by atoms with Crippen LogP contribution in [0.15, 0.2) is 30.3 Å². The van der Waals surface area contributed by atoms with Crippen molar-refractivity contribution in [2.75, 3.05) is 13.2 Å². The summed E-state index contributed by atoms with van der Waals surface area (Å²) in [7, 11) is 0. The number of rotatable bonds is 6. The van der Waals surface area contributed by atoms with Crippen molar-refractivity contribution in [3.8, 4) is 11.8 Å². The van der Waals surface area contributed by atoms with E-state index in [0.717, 1.165) is 0 Å². The fraction of sp³-hybridized carbons (Fsp3) is 0.458. The molecule has 0 spiro atoms. The third-order valence-electron chi connectivity index (χ3n) is 5.01. The first-order valence-electron chi connectivity index (χ1n) is 10.5. The van der Waals surface area contributed by atoms with Crippen LogP contribution in [0.2, 0.25) is 0 Å². The van der Waals surface area contributed by atoms with Crippen molar-refractivity contribution < 1.29 is 28.5 Å². The average Bonchev–Trinajstić information content (AvgIpc) is 2.79. The summed E-state index contributed by atoms with van der Waals surface area (Å²) in [6, 6.07) is 9.92. The molecular weight excluding hydrogens is 404 g/mol. The second-order valence-corrected chi connectivity index (χ2v) is 7.04. The maximum absolute atomic E-state index is 14.5. The zero-order valence-corrected chi connectivity index (χ0v) is 18.1. The van der Waals surface area contributed by atoms with Crippen molar-refractivity contribution in [3.63, 3.8) is 0 Å². The molecule has 0 saturated carbocycles. The van der Waals surface area contributed by atoms with E-state index in [0.29, 0.717) is 29.5 Å². The van der Waals surface area contributed by atoms with Gasteiger partial charge in [-0.3, -0.25) is 0 Å². The van der Waals surface area contributed by atoms with Gasteiger partial charge in [0, 0.05) is 19.3 Å². The Morgan fingerprint density at radius 2 is 1.87 bits per heavy atom. The summed E-state index contributed by atoms with van der Waals surface area (Å²) in [5, 5.41) is 28.8. The largest absolute Gasteiger partial charge is 0.491 e. The zero-order chi connectivity index (χ0) is 23.0. The molecule has 1 fully saturated rings. The lowest BCUT2D eigenvalue weighted by molar-refractivity contribution is -0.113. The second-order valence-electron chi connectivity index (χ2n) is 7.04. The first-order valence-corrected chi connectivity index (χ1v) is 10.5. The highest BCUT2D eigenvalue weighted by atomic mass is 19.2. The SMILES string of the molecule is CC.CCOc1ccc(Cc2cc([C@H]3C[C@@H](O)C[C@@H](CO)O3)ccc2C#N)c(F)c1F. The van der Waals surface area contributed by atoms with Crippen LogP contribution in [-0.2, 0) is 11.2 Å². The van der Waals surface area contributed by atoms with Crippen molar-refractivity contribution in [1.29, 1.82) is 5.26 Å². The summed E-state index contributed by atoms with van der Waals surface area (Å²) >= 11 is 0. The van der Waals surface area contributed by atoms with Crippen LogP contribution in [0.5, 0.6) is 5.75 Å². The Bertz CT molecular complexity index is 913. The van der Waals surface area contributed by atoms with Crippen LogP contribution >= 0.6 is 0 Å². The minimum absolute atomic E-state index is 0.0184. The van der Waals surface area contributed by atoms with Gasteiger partial charge in [0.1, 0.15) is 0 Å². The molecule has 2 aromatic rings. The summed E-state index contributed by atoms with van der Waals surface area (Å²) in [4.78, 5) is 0. The first kappa shape index (κ1) is 24.7. The van der Waals surface area contributed by atoms with E-state index >= 15 is 0 Å². The molecule has 0 unspecified atom stereocenters. The van der Waals surface area contributed by atoms with Crippen LogP contribution in [0, 0.1) is 23.0 Å². The molecule has 31 heavy (non-hydrogen) atoms. The molecular formula is C24H29F2NO4. The number of aliphatic hydroxyl groups is 2. The molecule has 1 aliphatic heterocycles. The summed E-state index contributed by atoms with van der Waals surface area (Å²) in [6.45, 7) is 5.70. The van der Waals surface area contributed by atoms with Gasteiger partial charge in [-0.05, 0) is 35.7 Å². The van der Waals surface area contributed by atoms with Gasteiger partial charge in [0.25, 0.3) is 0 Å². The maximum atomic E-state index is 14.5. The molecule has 0 aromatic heterocycles. The molecule has 2 N–H and O–H groups in total. The number of hydrogen-bond acceptors (Lipinski definition) is 5. The van der Waals surface area contributed by atoms with Crippen molar-refractivity contribution >= 4 is 0 Å². The van der Waals surface area contributed by atoms with Crippen LogP contribution in [0.3, 0.4) is 0 Å². The van der Waals surface area contributed by atoms with Crippen LogP contribution in [0.1, 0.15) is 62.0 Å². The number of nitriles is 1. The molecule has 1 aliphatic rings. The Morgan fingerprint density at radius 3 is 2.52 bits per heavy atom. The summed E-state index contributed by atoms with van der Waals surface area (Å²) < 4.78 is 39.6. The zero-order valence-electron chi connectivity index (χ0n) is 18.1. The molecule has 1 heterocycles. The lowest BCUT2D eigenvalue weighted by atomic mass is 9.92. The van der Waals surface area contributed by atoms with E-state index < -0.39 is 29.9 Å². The smallest absolute Gasteiger partial charge is 0.200 e. The highest BCUT2D eigenvalue weighted by molar-refractivity contribution is 5.44. The molecule has 1 saturated heterocycles. The Labute approximate surface area is 181 Å².